The van der Waals surface area contributed by atoms with Gasteiger partial charge in [0.25, 0.3) is 5.56 Å². The number of nitrogens with zero attached hydrogens (tertiary/aromatic N) is 1. The zero-order chi connectivity index (χ0) is 14.1. The Morgan fingerprint density at radius 3 is 2.85 bits per heavy atom. The Hall–Kier alpha value is -1.20. The average molecular weight is 291 g/mol. The molecule has 108 valence electrons. The molecular formula is C15H21N3OS. The van der Waals surface area contributed by atoms with Crippen molar-refractivity contribution in [2.75, 3.05) is 0 Å². The van der Waals surface area contributed by atoms with E-state index in [1.54, 1.807) is 0 Å². The van der Waals surface area contributed by atoms with Crippen molar-refractivity contribution in [3.8, 4) is 0 Å². The first-order valence-corrected chi connectivity index (χ1v) is 8.19. The van der Waals surface area contributed by atoms with Crippen LogP contribution < -0.4 is 10.9 Å². The Kier molecular flexibility index (Phi) is 3.89. The molecule has 2 aromatic heterocycles. The van der Waals surface area contributed by atoms with E-state index in [0.717, 1.165) is 23.2 Å². The molecule has 1 aliphatic rings. The second-order valence-electron chi connectivity index (χ2n) is 6.14. The summed E-state index contributed by atoms with van der Waals surface area (Å²) in [6, 6.07) is 2.45. The van der Waals surface area contributed by atoms with Crippen molar-refractivity contribution in [1.82, 2.24) is 15.3 Å². The van der Waals surface area contributed by atoms with Gasteiger partial charge in [0.15, 0.2) is 0 Å². The Balaban J connectivity index is 1.69. The van der Waals surface area contributed by atoms with Gasteiger partial charge in [-0.3, -0.25) is 4.79 Å². The van der Waals surface area contributed by atoms with E-state index in [-0.39, 0.29) is 5.56 Å². The Labute approximate surface area is 122 Å². The van der Waals surface area contributed by atoms with Crippen LogP contribution in [0.2, 0.25) is 0 Å². The topological polar surface area (TPSA) is 57.8 Å². The number of hydrogen-bond donors (Lipinski definition) is 2. The summed E-state index contributed by atoms with van der Waals surface area (Å²) in [5.41, 5.74) is 0.785. The lowest BCUT2D eigenvalue weighted by Crippen LogP contribution is -2.36. The molecule has 0 amide bonds. The van der Waals surface area contributed by atoms with Crippen LogP contribution in [0.5, 0.6) is 0 Å². The van der Waals surface area contributed by atoms with Gasteiger partial charge < -0.3 is 10.3 Å². The van der Waals surface area contributed by atoms with E-state index in [1.165, 1.54) is 30.6 Å². The van der Waals surface area contributed by atoms with Crippen LogP contribution in [-0.2, 0) is 6.54 Å². The molecule has 0 saturated heterocycles. The Bertz CT molecular complexity index is 638. The summed E-state index contributed by atoms with van der Waals surface area (Å²) in [6.45, 7) is 5.29. The second kappa shape index (κ2) is 5.66. The number of nitrogens with one attached hydrogen (secondary N) is 2. The highest BCUT2D eigenvalue weighted by molar-refractivity contribution is 7.17. The van der Waals surface area contributed by atoms with Crippen molar-refractivity contribution < 1.29 is 0 Å². The van der Waals surface area contributed by atoms with Crippen LogP contribution >= 0.6 is 11.3 Å². The fraction of sp³-hybridized carbons (Fsp3) is 0.600. The average Bonchev–Trinajstić information content (AvgIpc) is 2.84. The molecule has 0 aliphatic heterocycles. The third-order valence-electron chi connectivity index (χ3n) is 4.10. The molecule has 3 rings (SSSR count). The summed E-state index contributed by atoms with van der Waals surface area (Å²) < 4.78 is 0.716. The van der Waals surface area contributed by atoms with Gasteiger partial charge >= 0.3 is 0 Å². The van der Waals surface area contributed by atoms with E-state index in [0.29, 0.717) is 17.3 Å². The SMILES string of the molecule is CC1CC(C)CC(NCc2nc3ccsc3c(=O)[nH]2)C1. The quantitative estimate of drug-likeness (QED) is 0.914. The normalized spacial score (nSPS) is 27.0. The van der Waals surface area contributed by atoms with Crippen LogP contribution in [0.1, 0.15) is 38.9 Å². The number of rotatable bonds is 3. The molecule has 0 radical (unpaired) electrons. The molecule has 1 fully saturated rings. The van der Waals surface area contributed by atoms with Crippen LogP contribution in [0.3, 0.4) is 0 Å². The molecule has 2 aromatic rings. The van der Waals surface area contributed by atoms with E-state index >= 15 is 0 Å². The second-order valence-corrected chi connectivity index (χ2v) is 7.06. The van der Waals surface area contributed by atoms with Crippen LogP contribution in [0.25, 0.3) is 10.2 Å². The maximum absolute atomic E-state index is 11.9. The molecule has 0 bridgehead atoms. The van der Waals surface area contributed by atoms with Gasteiger partial charge in [-0.1, -0.05) is 13.8 Å². The minimum Gasteiger partial charge on any atom is -0.308 e. The summed E-state index contributed by atoms with van der Waals surface area (Å²) in [5.74, 6) is 2.30. The van der Waals surface area contributed by atoms with Crippen molar-refractivity contribution in [3.63, 3.8) is 0 Å². The van der Waals surface area contributed by atoms with Crippen LogP contribution in [0.15, 0.2) is 16.2 Å². The number of aromatic amines is 1. The predicted octanol–water partition coefficient (Wildman–Crippen LogP) is 2.90. The fourth-order valence-electron chi connectivity index (χ4n) is 3.36. The maximum Gasteiger partial charge on any atom is 0.268 e. The fourth-order valence-corrected chi connectivity index (χ4v) is 4.09. The first-order valence-electron chi connectivity index (χ1n) is 7.31. The van der Waals surface area contributed by atoms with Gasteiger partial charge in [-0.15, -0.1) is 11.3 Å². The standard InChI is InChI=1S/C15H21N3OS/c1-9-5-10(2)7-11(6-9)16-8-13-17-12-3-4-20-14(12)15(19)18-13/h3-4,9-11,16H,5-8H2,1-2H3,(H,17,18,19). The third-order valence-corrected chi connectivity index (χ3v) is 5.00. The lowest BCUT2D eigenvalue weighted by atomic mass is 9.80. The minimum atomic E-state index is -0.0211. The largest absolute Gasteiger partial charge is 0.308 e. The minimum absolute atomic E-state index is 0.0211. The molecule has 0 aromatic carbocycles. The monoisotopic (exact) mass is 291 g/mol. The molecule has 2 heterocycles. The Morgan fingerprint density at radius 2 is 2.10 bits per heavy atom. The van der Waals surface area contributed by atoms with E-state index in [4.69, 9.17) is 0 Å². The van der Waals surface area contributed by atoms with Gasteiger partial charge in [0.05, 0.1) is 12.1 Å². The van der Waals surface area contributed by atoms with E-state index in [2.05, 4.69) is 29.1 Å². The molecule has 2 N–H and O–H groups in total. The van der Waals surface area contributed by atoms with Crippen LogP contribution in [-0.4, -0.2) is 16.0 Å². The smallest absolute Gasteiger partial charge is 0.268 e. The van der Waals surface area contributed by atoms with Gasteiger partial charge in [-0.2, -0.15) is 0 Å². The van der Waals surface area contributed by atoms with Crippen molar-refractivity contribution in [2.45, 2.75) is 45.7 Å². The van der Waals surface area contributed by atoms with Gasteiger partial charge in [-0.05, 0) is 42.5 Å². The lowest BCUT2D eigenvalue weighted by molar-refractivity contribution is 0.237. The molecule has 20 heavy (non-hydrogen) atoms. The Morgan fingerprint density at radius 1 is 1.35 bits per heavy atom. The van der Waals surface area contributed by atoms with Crippen LogP contribution in [0.4, 0.5) is 0 Å². The van der Waals surface area contributed by atoms with Crippen molar-refractivity contribution in [1.29, 1.82) is 0 Å². The number of aromatic nitrogens is 2. The first-order chi connectivity index (χ1) is 9.61. The van der Waals surface area contributed by atoms with Crippen molar-refractivity contribution in [3.05, 3.63) is 27.6 Å². The van der Waals surface area contributed by atoms with E-state index in [1.807, 2.05) is 11.4 Å². The highest BCUT2D eigenvalue weighted by atomic mass is 32.1. The molecule has 4 nitrogen and oxygen atoms in total. The predicted molar refractivity (Wildman–Crippen MR) is 83.0 cm³/mol. The summed E-state index contributed by atoms with van der Waals surface area (Å²) in [6.07, 6.45) is 3.76. The molecule has 2 atom stereocenters. The number of thiophene rings is 1. The lowest BCUT2D eigenvalue weighted by Gasteiger charge is -2.32. The van der Waals surface area contributed by atoms with E-state index < -0.39 is 0 Å². The molecule has 0 spiro atoms. The molecule has 1 aliphatic carbocycles. The molecule has 1 saturated carbocycles. The number of fused-ring (bicyclic) bond motifs is 1. The molecular weight excluding hydrogens is 270 g/mol. The summed E-state index contributed by atoms with van der Waals surface area (Å²) >= 11 is 1.44. The summed E-state index contributed by atoms with van der Waals surface area (Å²) in [5, 5.41) is 5.46. The molecule has 5 heteroatoms. The third kappa shape index (κ3) is 2.94. The van der Waals surface area contributed by atoms with Gasteiger partial charge in [-0.25, -0.2) is 4.98 Å². The zero-order valence-corrected chi connectivity index (χ0v) is 12.8. The highest BCUT2D eigenvalue weighted by Gasteiger charge is 2.23. The van der Waals surface area contributed by atoms with Crippen LogP contribution in [0, 0.1) is 11.8 Å². The van der Waals surface area contributed by atoms with Crippen molar-refractivity contribution >= 4 is 21.6 Å². The number of hydrogen-bond acceptors (Lipinski definition) is 4. The molecule has 2 unspecified atom stereocenters. The van der Waals surface area contributed by atoms with E-state index in [9.17, 15) is 4.79 Å². The van der Waals surface area contributed by atoms with Crippen molar-refractivity contribution in [2.24, 2.45) is 11.8 Å². The van der Waals surface area contributed by atoms with Gasteiger partial charge in [0, 0.05) is 6.04 Å². The van der Waals surface area contributed by atoms with Gasteiger partial charge in [0.2, 0.25) is 0 Å². The summed E-state index contributed by atoms with van der Waals surface area (Å²) in [4.78, 5) is 19.3. The van der Waals surface area contributed by atoms with Gasteiger partial charge in [0.1, 0.15) is 10.5 Å². The maximum atomic E-state index is 11.9. The highest BCUT2D eigenvalue weighted by Crippen LogP contribution is 2.28. The first kappa shape index (κ1) is 13.8. The zero-order valence-electron chi connectivity index (χ0n) is 12.0. The summed E-state index contributed by atoms with van der Waals surface area (Å²) in [7, 11) is 0. The number of H-pyrrole nitrogens is 1.